The Balaban J connectivity index is 1.89. The van der Waals surface area contributed by atoms with Gasteiger partial charge < -0.3 is 5.32 Å². The molecule has 0 atom stereocenters. The highest BCUT2D eigenvalue weighted by Gasteiger charge is 2.04. The van der Waals surface area contributed by atoms with Crippen molar-refractivity contribution in [2.75, 3.05) is 6.54 Å². The molecule has 1 aromatic heterocycles. The first-order valence-electron chi connectivity index (χ1n) is 6.04. The first kappa shape index (κ1) is 13.0. The molecule has 0 aliphatic rings. The summed E-state index contributed by atoms with van der Waals surface area (Å²) in [5.41, 5.74) is 1.54. The molecular formula is C14H15N3O2. The minimum absolute atomic E-state index is 0.149. The highest BCUT2D eigenvalue weighted by Crippen LogP contribution is 2.02. The van der Waals surface area contributed by atoms with Crippen LogP contribution in [0.5, 0.6) is 0 Å². The zero-order valence-corrected chi connectivity index (χ0v) is 10.7. The van der Waals surface area contributed by atoms with Gasteiger partial charge in [0, 0.05) is 24.4 Å². The fourth-order valence-corrected chi connectivity index (χ4v) is 1.64. The second kappa shape index (κ2) is 5.95. The largest absolute Gasteiger partial charge is 0.350 e. The predicted octanol–water partition coefficient (Wildman–Crippen LogP) is 0.982. The minimum atomic E-state index is -0.174. The Morgan fingerprint density at radius 2 is 2.00 bits per heavy atom. The Bertz CT molecular complexity index is 617. The molecule has 0 radical (unpaired) electrons. The van der Waals surface area contributed by atoms with Crippen molar-refractivity contribution < 1.29 is 4.79 Å². The molecule has 19 heavy (non-hydrogen) atoms. The minimum Gasteiger partial charge on any atom is -0.350 e. The fraction of sp³-hybridized carbons (Fsp3) is 0.214. The van der Waals surface area contributed by atoms with Gasteiger partial charge in [-0.2, -0.15) is 5.10 Å². The van der Waals surface area contributed by atoms with Gasteiger partial charge in [-0.1, -0.05) is 17.7 Å². The fourth-order valence-electron chi connectivity index (χ4n) is 1.64. The maximum atomic E-state index is 11.8. The number of benzene rings is 1. The Kier molecular flexibility index (Phi) is 4.07. The number of rotatable bonds is 4. The van der Waals surface area contributed by atoms with E-state index in [4.69, 9.17) is 0 Å². The normalized spacial score (nSPS) is 10.2. The number of nitrogens with zero attached hydrogens (tertiary/aromatic N) is 2. The van der Waals surface area contributed by atoms with Crippen LogP contribution in [0.3, 0.4) is 0 Å². The third-order valence-corrected chi connectivity index (χ3v) is 2.71. The molecule has 98 valence electrons. The van der Waals surface area contributed by atoms with E-state index in [9.17, 15) is 9.59 Å². The van der Waals surface area contributed by atoms with Gasteiger partial charge in [-0.3, -0.25) is 9.59 Å². The van der Waals surface area contributed by atoms with Gasteiger partial charge in [0.15, 0.2) is 0 Å². The number of carbonyl (C=O) groups excluding carboxylic acids is 1. The molecule has 0 bridgehead atoms. The Morgan fingerprint density at radius 1 is 1.26 bits per heavy atom. The average molecular weight is 257 g/mol. The van der Waals surface area contributed by atoms with Gasteiger partial charge in [0.1, 0.15) is 0 Å². The summed E-state index contributed by atoms with van der Waals surface area (Å²) in [4.78, 5) is 23.2. The van der Waals surface area contributed by atoms with Gasteiger partial charge in [-0.25, -0.2) is 4.68 Å². The maximum absolute atomic E-state index is 11.8. The van der Waals surface area contributed by atoms with Crippen molar-refractivity contribution in [2.45, 2.75) is 13.5 Å². The van der Waals surface area contributed by atoms with E-state index < -0.39 is 0 Å². The molecule has 0 aliphatic heterocycles. The summed E-state index contributed by atoms with van der Waals surface area (Å²) in [6, 6.07) is 10.4. The molecule has 1 N–H and O–H groups in total. The predicted molar refractivity (Wildman–Crippen MR) is 72.0 cm³/mol. The number of carbonyl (C=O) groups is 1. The van der Waals surface area contributed by atoms with Crippen molar-refractivity contribution in [3.05, 3.63) is 64.1 Å². The van der Waals surface area contributed by atoms with Crippen molar-refractivity contribution in [3.63, 3.8) is 0 Å². The topological polar surface area (TPSA) is 64.0 Å². The first-order valence-corrected chi connectivity index (χ1v) is 6.04. The van der Waals surface area contributed by atoms with E-state index in [1.807, 2.05) is 19.1 Å². The second-order valence-corrected chi connectivity index (χ2v) is 4.21. The van der Waals surface area contributed by atoms with Crippen molar-refractivity contribution in [1.82, 2.24) is 15.1 Å². The highest BCUT2D eigenvalue weighted by atomic mass is 16.1. The Morgan fingerprint density at radius 3 is 2.68 bits per heavy atom. The van der Waals surface area contributed by atoms with E-state index in [-0.39, 0.29) is 11.5 Å². The van der Waals surface area contributed by atoms with E-state index in [1.165, 1.54) is 10.7 Å². The SMILES string of the molecule is Cc1ccc(C(=O)NCCn2ncccc2=O)cc1. The molecule has 0 saturated heterocycles. The summed E-state index contributed by atoms with van der Waals surface area (Å²) >= 11 is 0. The van der Waals surface area contributed by atoms with E-state index in [0.717, 1.165) is 5.56 Å². The van der Waals surface area contributed by atoms with Gasteiger partial charge in [-0.15, -0.1) is 0 Å². The lowest BCUT2D eigenvalue weighted by Crippen LogP contribution is -2.31. The van der Waals surface area contributed by atoms with Gasteiger partial charge in [0.25, 0.3) is 11.5 Å². The maximum Gasteiger partial charge on any atom is 0.266 e. The third-order valence-electron chi connectivity index (χ3n) is 2.71. The first-order chi connectivity index (χ1) is 9.16. The summed E-state index contributed by atoms with van der Waals surface area (Å²) in [5, 5.41) is 6.67. The number of hydrogen-bond donors (Lipinski definition) is 1. The Hall–Kier alpha value is -2.43. The lowest BCUT2D eigenvalue weighted by molar-refractivity contribution is 0.0951. The molecule has 0 saturated carbocycles. The monoisotopic (exact) mass is 257 g/mol. The van der Waals surface area contributed by atoms with E-state index in [2.05, 4.69) is 10.4 Å². The van der Waals surface area contributed by atoms with Crippen LogP contribution in [0.4, 0.5) is 0 Å². The number of nitrogens with one attached hydrogen (secondary N) is 1. The molecule has 5 nitrogen and oxygen atoms in total. The number of aromatic nitrogens is 2. The van der Waals surface area contributed by atoms with Crippen LogP contribution in [0.2, 0.25) is 0 Å². The Labute approximate surface area is 110 Å². The van der Waals surface area contributed by atoms with Gasteiger partial charge in [0.05, 0.1) is 6.54 Å². The zero-order valence-electron chi connectivity index (χ0n) is 10.7. The molecule has 0 fully saturated rings. The third kappa shape index (κ3) is 3.51. The number of hydrogen-bond acceptors (Lipinski definition) is 3. The molecule has 0 unspecified atom stereocenters. The summed E-state index contributed by atoms with van der Waals surface area (Å²) in [6.45, 7) is 2.69. The van der Waals surface area contributed by atoms with E-state index in [1.54, 1.807) is 24.4 Å². The van der Waals surface area contributed by atoms with Crippen LogP contribution in [0, 0.1) is 6.92 Å². The van der Waals surface area contributed by atoms with Gasteiger partial charge >= 0.3 is 0 Å². The smallest absolute Gasteiger partial charge is 0.266 e. The highest BCUT2D eigenvalue weighted by molar-refractivity contribution is 5.94. The van der Waals surface area contributed by atoms with Crippen molar-refractivity contribution in [3.8, 4) is 0 Å². The summed E-state index contributed by atoms with van der Waals surface area (Å²) in [5.74, 6) is -0.149. The van der Waals surface area contributed by atoms with Crippen molar-refractivity contribution in [2.24, 2.45) is 0 Å². The van der Waals surface area contributed by atoms with Crippen molar-refractivity contribution in [1.29, 1.82) is 0 Å². The van der Waals surface area contributed by atoms with Crippen molar-refractivity contribution >= 4 is 5.91 Å². The van der Waals surface area contributed by atoms with Crippen LogP contribution in [-0.2, 0) is 6.54 Å². The van der Waals surface area contributed by atoms with Gasteiger partial charge in [-0.05, 0) is 25.1 Å². The molecule has 1 amide bonds. The summed E-state index contributed by atoms with van der Waals surface area (Å²) in [7, 11) is 0. The van der Waals surface area contributed by atoms with E-state index in [0.29, 0.717) is 18.7 Å². The summed E-state index contributed by atoms with van der Waals surface area (Å²) < 4.78 is 1.31. The molecule has 1 aromatic carbocycles. The van der Waals surface area contributed by atoms with Crippen LogP contribution in [0.25, 0.3) is 0 Å². The lowest BCUT2D eigenvalue weighted by Gasteiger charge is -2.06. The van der Waals surface area contributed by atoms with E-state index >= 15 is 0 Å². The number of aryl methyl sites for hydroxylation is 1. The number of amides is 1. The average Bonchev–Trinajstić information content (AvgIpc) is 2.41. The van der Waals surface area contributed by atoms with Crippen LogP contribution in [0.15, 0.2) is 47.4 Å². The molecule has 2 aromatic rings. The lowest BCUT2D eigenvalue weighted by atomic mass is 10.1. The van der Waals surface area contributed by atoms with Crippen LogP contribution in [0.1, 0.15) is 15.9 Å². The van der Waals surface area contributed by atoms with Crippen LogP contribution in [-0.4, -0.2) is 22.2 Å². The standard InChI is InChI=1S/C14H15N3O2/c1-11-4-6-12(7-5-11)14(19)15-9-10-17-13(18)3-2-8-16-17/h2-8H,9-10H2,1H3,(H,15,19). The molecule has 2 rings (SSSR count). The quantitative estimate of drug-likeness (QED) is 0.888. The summed E-state index contributed by atoms with van der Waals surface area (Å²) in [6.07, 6.45) is 1.54. The second-order valence-electron chi connectivity index (χ2n) is 4.21. The molecule has 0 aliphatic carbocycles. The van der Waals surface area contributed by atoms with Crippen LogP contribution < -0.4 is 10.9 Å². The van der Waals surface area contributed by atoms with Gasteiger partial charge in [0.2, 0.25) is 0 Å². The van der Waals surface area contributed by atoms with Crippen LogP contribution >= 0.6 is 0 Å². The zero-order chi connectivity index (χ0) is 13.7. The molecule has 0 spiro atoms. The molecule has 1 heterocycles. The molecule has 5 heteroatoms. The molecular weight excluding hydrogens is 242 g/mol.